The molecule has 0 atom stereocenters. The van der Waals surface area contributed by atoms with Gasteiger partial charge in [-0.2, -0.15) is 0 Å². The predicted octanol–water partition coefficient (Wildman–Crippen LogP) is 4.49. The summed E-state index contributed by atoms with van der Waals surface area (Å²) >= 11 is 6.25. The molecule has 0 fully saturated rings. The van der Waals surface area contributed by atoms with Crippen molar-refractivity contribution in [1.82, 2.24) is 4.98 Å². The van der Waals surface area contributed by atoms with Crippen LogP contribution in [0.3, 0.4) is 0 Å². The zero-order valence-corrected chi connectivity index (χ0v) is 10.9. The minimum Gasteiger partial charge on any atom is -0.256 e. The van der Waals surface area contributed by atoms with Crippen LogP contribution in [-0.4, -0.2) is 4.98 Å². The van der Waals surface area contributed by atoms with Crippen LogP contribution in [0.5, 0.6) is 0 Å². The van der Waals surface area contributed by atoms with E-state index in [4.69, 9.17) is 11.6 Å². The van der Waals surface area contributed by atoms with Gasteiger partial charge in [0.25, 0.3) is 0 Å². The first kappa shape index (κ1) is 11.4. The standard InChI is InChI=1S/C14H16ClN/c1-9-8-16-12-7-10(14(2,3)4)5-6-11(12)13(9)15/h5-8H,1-4H3. The second-order valence-electron chi connectivity index (χ2n) is 5.24. The van der Waals surface area contributed by atoms with Crippen LogP contribution >= 0.6 is 11.6 Å². The fourth-order valence-corrected chi connectivity index (χ4v) is 1.93. The number of aromatic nitrogens is 1. The third-order valence-electron chi connectivity index (χ3n) is 2.84. The highest BCUT2D eigenvalue weighted by atomic mass is 35.5. The van der Waals surface area contributed by atoms with Gasteiger partial charge in [0.15, 0.2) is 0 Å². The molecule has 2 rings (SSSR count). The minimum absolute atomic E-state index is 0.146. The van der Waals surface area contributed by atoms with Gasteiger partial charge in [-0.25, -0.2) is 0 Å². The Bertz CT molecular complexity index is 538. The van der Waals surface area contributed by atoms with Gasteiger partial charge < -0.3 is 0 Å². The molecule has 0 radical (unpaired) electrons. The van der Waals surface area contributed by atoms with Crippen molar-refractivity contribution < 1.29 is 0 Å². The fraction of sp³-hybridized carbons (Fsp3) is 0.357. The van der Waals surface area contributed by atoms with Crippen molar-refractivity contribution >= 4 is 22.5 Å². The molecule has 0 N–H and O–H groups in total. The van der Waals surface area contributed by atoms with Crippen LogP contribution in [0.25, 0.3) is 10.9 Å². The summed E-state index contributed by atoms with van der Waals surface area (Å²) in [4.78, 5) is 4.43. The van der Waals surface area contributed by atoms with Crippen LogP contribution in [-0.2, 0) is 5.41 Å². The van der Waals surface area contributed by atoms with Crippen molar-refractivity contribution in [1.29, 1.82) is 0 Å². The summed E-state index contributed by atoms with van der Waals surface area (Å²) < 4.78 is 0. The Morgan fingerprint density at radius 3 is 2.50 bits per heavy atom. The average molecular weight is 234 g/mol. The van der Waals surface area contributed by atoms with Crippen molar-refractivity contribution in [3.8, 4) is 0 Å². The molecule has 2 aromatic rings. The van der Waals surface area contributed by atoms with Gasteiger partial charge in [0.05, 0.1) is 10.5 Å². The SMILES string of the molecule is Cc1cnc2cc(C(C)(C)C)ccc2c1Cl. The highest BCUT2D eigenvalue weighted by Crippen LogP contribution is 2.29. The number of fused-ring (bicyclic) bond motifs is 1. The Morgan fingerprint density at radius 1 is 1.19 bits per heavy atom. The number of rotatable bonds is 0. The number of benzene rings is 1. The third kappa shape index (κ3) is 1.92. The van der Waals surface area contributed by atoms with E-state index in [0.29, 0.717) is 0 Å². The Labute approximate surface area is 101 Å². The van der Waals surface area contributed by atoms with E-state index >= 15 is 0 Å². The largest absolute Gasteiger partial charge is 0.256 e. The Balaban J connectivity index is 2.70. The second kappa shape index (κ2) is 3.74. The van der Waals surface area contributed by atoms with E-state index in [1.54, 1.807) is 0 Å². The molecule has 1 nitrogen and oxygen atoms in total. The summed E-state index contributed by atoms with van der Waals surface area (Å²) in [5.74, 6) is 0. The van der Waals surface area contributed by atoms with Gasteiger partial charge >= 0.3 is 0 Å². The molecule has 1 aromatic carbocycles. The molecule has 0 aliphatic rings. The summed E-state index contributed by atoms with van der Waals surface area (Å²) in [5, 5.41) is 1.85. The highest BCUT2D eigenvalue weighted by Gasteiger charge is 2.14. The molecule has 0 aliphatic heterocycles. The molecule has 0 bridgehead atoms. The molecular weight excluding hydrogens is 218 g/mol. The molecule has 2 heteroatoms. The van der Waals surface area contributed by atoms with Crippen molar-refractivity contribution in [2.45, 2.75) is 33.1 Å². The van der Waals surface area contributed by atoms with Crippen LogP contribution < -0.4 is 0 Å². The van der Waals surface area contributed by atoms with E-state index in [1.165, 1.54) is 5.56 Å². The van der Waals surface area contributed by atoms with Crippen molar-refractivity contribution in [3.05, 3.63) is 40.5 Å². The van der Waals surface area contributed by atoms with Crippen molar-refractivity contribution in [2.24, 2.45) is 0 Å². The van der Waals surface area contributed by atoms with Crippen LogP contribution in [0.4, 0.5) is 0 Å². The molecule has 0 saturated heterocycles. The average Bonchev–Trinajstić information content (AvgIpc) is 2.22. The lowest BCUT2D eigenvalue weighted by molar-refractivity contribution is 0.591. The summed E-state index contributed by atoms with van der Waals surface area (Å²) in [6.45, 7) is 8.57. The maximum Gasteiger partial charge on any atom is 0.0720 e. The first-order valence-corrected chi connectivity index (χ1v) is 5.83. The Hall–Kier alpha value is -1.08. The molecule has 16 heavy (non-hydrogen) atoms. The molecule has 0 aliphatic carbocycles. The fourth-order valence-electron chi connectivity index (χ4n) is 1.73. The Kier molecular flexibility index (Phi) is 2.67. The lowest BCUT2D eigenvalue weighted by atomic mass is 9.86. The number of hydrogen-bond donors (Lipinski definition) is 0. The van der Waals surface area contributed by atoms with Crippen molar-refractivity contribution in [2.75, 3.05) is 0 Å². The molecular formula is C14H16ClN. The van der Waals surface area contributed by atoms with Gasteiger partial charge in [-0.15, -0.1) is 0 Å². The van der Waals surface area contributed by atoms with E-state index in [-0.39, 0.29) is 5.41 Å². The smallest absolute Gasteiger partial charge is 0.0720 e. The lowest BCUT2D eigenvalue weighted by Gasteiger charge is -2.19. The van der Waals surface area contributed by atoms with Gasteiger partial charge in [0.2, 0.25) is 0 Å². The van der Waals surface area contributed by atoms with Crippen LogP contribution in [0.15, 0.2) is 24.4 Å². The zero-order valence-electron chi connectivity index (χ0n) is 10.1. The quantitative estimate of drug-likeness (QED) is 0.653. The van der Waals surface area contributed by atoms with Gasteiger partial charge in [-0.3, -0.25) is 4.98 Å². The maximum atomic E-state index is 6.25. The number of pyridine rings is 1. The van der Waals surface area contributed by atoms with Gasteiger partial charge in [-0.1, -0.05) is 44.5 Å². The first-order chi connectivity index (χ1) is 7.39. The molecule has 0 spiro atoms. The van der Waals surface area contributed by atoms with E-state index in [9.17, 15) is 0 Å². The maximum absolute atomic E-state index is 6.25. The number of nitrogens with zero attached hydrogens (tertiary/aromatic N) is 1. The van der Waals surface area contributed by atoms with Gasteiger partial charge in [0, 0.05) is 11.6 Å². The topological polar surface area (TPSA) is 12.9 Å². The van der Waals surface area contributed by atoms with Crippen LogP contribution in [0.1, 0.15) is 31.9 Å². The van der Waals surface area contributed by atoms with E-state index in [1.807, 2.05) is 13.1 Å². The van der Waals surface area contributed by atoms with Crippen LogP contribution in [0.2, 0.25) is 5.02 Å². The van der Waals surface area contributed by atoms with Crippen LogP contribution in [0, 0.1) is 6.92 Å². The summed E-state index contributed by atoms with van der Waals surface area (Å²) in [5.41, 5.74) is 3.43. The molecule has 1 heterocycles. The second-order valence-corrected chi connectivity index (χ2v) is 5.62. The lowest BCUT2D eigenvalue weighted by Crippen LogP contribution is -2.10. The van der Waals surface area contributed by atoms with E-state index < -0.39 is 0 Å². The molecule has 0 saturated carbocycles. The summed E-state index contributed by atoms with van der Waals surface area (Å²) in [7, 11) is 0. The van der Waals surface area contributed by atoms with Crippen molar-refractivity contribution in [3.63, 3.8) is 0 Å². The first-order valence-electron chi connectivity index (χ1n) is 5.45. The molecule has 1 aromatic heterocycles. The third-order valence-corrected chi connectivity index (χ3v) is 3.35. The molecule has 0 unspecified atom stereocenters. The molecule has 0 amide bonds. The number of aryl methyl sites for hydroxylation is 1. The summed E-state index contributed by atoms with van der Waals surface area (Å²) in [6.07, 6.45) is 1.83. The van der Waals surface area contributed by atoms with Gasteiger partial charge in [-0.05, 0) is 29.5 Å². The Morgan fingerprint density at radius 2 is 1.88 bits per heavy atom. The van der Waals surface area contributed by atoms with Gasteiger partial charge in [0.1, 0.15) is 0 Å². The molecule has 84 valence electrons. The zero-order chi connectivity index (χ0) is 11.9. The summed E-state index contributed by atoms with van der Waals surface area (Å²) in [6, 6.07) is 6.33. The van der Waals surface area contributed by atoms with E-state index in [0.717, 1.165) is 21.5 Å². The number of halogens is 1. The van der Waals surface area contributed by atoms with E-state index in [2.05, 4.69) is 44.0 Å². The minimum atomic E-state index is 0.146. The monoisotopic (exact) mass is 233 g/mol. The highest BCUT2D eigenvalue weighted by molar-refractivity contribution is 6.36. The predicted molar refractivity (Wildman–Crippen MR) is 70.2 cm³/mol. The normalized spacial score (nSPS) is 12.1. The number of hydrogen-bond acceptors (Lipinski definition) is 1.